The Kier molecular flexibility index (Phi) is 7.26. The lowest BCUT2D eigenvalue weighted by Gasteiger charge is -2.23. The minimum absolute atomic E-state index is 0.124. The van der Waals surface area contributed by atoms with E-state index in [2.05, 4.69) is 15.7 Å². The van der Waals surface area contributed by atoms with Crippen LogP contribution in [0, 0.1) is 5.82 Å². The second kappa shape index (κ2) is 10.3. The van der Waals surface area contributed by atoms with E-state index in [1.165, 1.54) is 17.1 Å². The number of nitrogens with one attached hydrogen (secondary N) is 2. The lowest BCUT2D eigenvalue weighted by Crippen LogP contribution is -2.41. The Bertz CT molecular complexity index is 929. The Hall–Kier alpha value is -3.55. The summed E-state index contributed by atoms with van der Waals surface area (Å²) in [7, 11) is 0. The number of benzene rings is 2. The molecule has 0 unspecified atom stereocenters. The third-order valence-corrected chi connectivity index (χ3v) is 4.55. The molecule has 1 aliphatic heterocycles. The first-order valence-electron chi connectivity index (χ1n) is 9.72. The molecule has 0 spiro atoms. The van der Waals surface area contributed by atoms with Crippen LogP contribution in [0.5, 0.6) is 0 Å². The summed E-state index contributed by atoms with van der Waals surface area (Å²) in [5.74, 6) is -1.04. The summed E-state index contributed by atoms with van der Waals surface area (Å²) in [6.07, 6.45) is 0.716. The van der Waals surface area contributed by atoms with Gasteiger partial charge in [-0.1, -0.05) is 42.5 Å². The summed E-state index contributed by atoms with van der Waals surface area (Å²) in [5, 5.41) is 10.8. The van der Waals surface area contributed by atoms with Gasteiger partial charge in [0.15, 0.2) is 0 Å². The van der Waals surface area contributed by atoms with Gasteiger partial charge in [-0.3, -0.25) is 14.4 Å². The van der Waals surface area contributed by atoms with Crippen LogP contribution < -0.4 is 10.6 Å². The van der Waals surface area contributed by atoms with Gasteiger partial charge >= 0.3 is 0 Å². The molecule has 0 fully saturated rings. The molecule has 2 aromatic carbocycles. The fourth-order valence-electron chi connectivity index (χ4n) is 2.97. The molecule has 2 N–H and O–H groups in total. The van der Waals surface area contributed by atoms with Gasteiger partial charge in [0.2, 0.25) is 11.8 Å². The second-order valence-electron chi connectivity index (χ2n) is 6.89. The van der Waals surface area contributed by atoms with Gasteiger partial charge in [-0.05, 0) is 23.3 Å². The molecule has 30 heavy (non-hydrogen) atoms. The topological polar surface area (TPSA) is 90.9 Å². The molecule has 3 amide bonds. The van der Waals surface area contributed by atoms with Gasteiger partial charge in [0.05, 0.1) is 13.0 Å². The van der Waals surface area contributed by atoms with Gasteiger partial charge in [0.1, 0.15) is 11.5 Å². The van der Waals surface area contributed by atoms with E-state index in [1.54, 1.807) is 12.1 Å². The Morgan fingerprint density at radius 3 is 2.37 bits per heavy atom. The smallest absolute Gasteiger partial charge is 0.267 e. The third-order valence-electron chi connectivity index (χ3n) is 4.55. The molecule has 0 saturated carbocycles. The molecule has 0 aliphatic carbocycles. The molecule has 3 rings (SSSR count). The number of halogens is 1. The van der Waals surface area contributed by atoms with E-state index >= 15 is 0 Å². The lowest BCUT2D eigenvalue weighted by molar-refractivity contribution is -0.132. The molecule has 0 saturated heterocycles. The molecule has 8 heteroatoms. The van der Waals surface area contributed by atoms with E-state index < -0.39 is 0 Å². The average Bonchev–Trinajstić information content (AvgIpc) is 2.75. The van der Waals surface area contributed by atoms with Gasteiger partial charge in [0, 0.05) is 25.9 Å². The van der Waals surface area contributed by atoms with Crippen molar-refractivity contribution in [3.8, 4) is 0 Å². The van der Waals surface area contributed by atoms with Gasteiger partial charge in [0.25, 0.3) is 5.91 Å². The molecule has 156 valence electrons. The zero-order chi connectivity index (χ0) is 21.3. The van der Waals surface area contributed by atoms with Crippen molar-refractivity contribution in [3.63, 3.8) is 0 Å². The molecular formula is C22H23FN4O3. The zero-order valence-corrected chi connectivity index (χ0v) is 16.4. The number of carbonyl (C=O) groups is 3. The maximum Gasteiger partial charge on any atom is 0.267 e. The van der Waals surface area contributed by atoms with Crippen molar-refractivity contribution in [2.24, 2.45) is 5.10 Å². The summed E-state index contributed by atoms with van der Waals surface area (Å²) < 4.78 is 13.0. The Balaban J connectivity index is 1.45. The molecule has 1 heterocycles. The van der Waals surface area contributed by atoms with Gasteiger partial charge < -0.3 is 10.6 Å². The molecule has 2 aromatic rings. The number of nitrogens with zero attached hydrogens (tertiary/aromatic N) is 2. The number of hydrogen-bond donors (Lipinski definition) is 2. The SMILES string of the molecule is O=C(Cc1ccccc1)NCCNC(=O)C1=NN(Cc2ccc(F)cc2)C(=O)CC1. The maximum absolute atomic E-state index is 13.0. The average molecular weight is 410 g/mol. The predicted octanol–water partition coefficient (Wildman–Crippen LogP) is 1.78. The molecule has 1 aliphatic rings. The molecule has 0 atom stereocenters. The summed E-state index contributed by atoms with van der Waals surface area (Å²) in [5.41, 5.74) is 1.89. The van der Waals surface area contributed by atoms with E-state index in [4.69, 9.17) is 0 Å². The van der Waals surface area contributed by atoms with Crippen molar-refractivity contribution in [3.05, 3.63) is 71.5 Å². The zero-order valence-electron chi connectivity index (χ0n) is 16.4. The molecule has 0 bridgehead atoms. The van der Waals surface area contributed by atoms with Crippen LogP contribution in [0.25, 0.3) is 0 Å². The Labute approximate surface area is 174 Å². The number of rotatable bonds is 8. The van der Waals surface area contributed by atoms with E-state index in [1.807, 2.05) is 30.3 Å². The standard InChI is InChI=1S/C22H23FN4O3/c23-18-8-6-17(7-9-18)15-27-21(29)11-10-19(26-27)22(30)25-13-12-24-20(28)14-16-4-2-1-3-5-16/h1-9H,10-15H2,(H,24,28)(H,25,30). The van der Waals surface area contributed by atoms with E-state index in [-0.39, 0.29) is 61.6 Å². The van der Waals surface area contributed by atoms with E-state index in [0.717, 1.165) is 11.1 Å². The van der Waals surface area contributed by atoms with Crippen LogP contribution in [0.15, 0.2) is 59.7 Å². The van der Waals surface area contributed by atoms with Crippen LogP contribution in [0.2, 0.25) is 0 Å². The molecule has 0 aromatic heterocycles. The third kappa shape index (κ3) is 6.23. The lowest BCUT2D eigenvalue weighted by atomic mass is 10.1. The van der Waals surface area contributed by atoms with Gasteiger partial charge in [-0.2, -0.15) is 5.10 Å². The largest absolute Gasteiger partial charge is 0.354 e. The first kappa shape index (κ1) is 21.2. The minimum Gasteiger partial charge on any atom is -0.354 e. The number of amides is 3. The van der Waals surface area contributed by atoms with E-state index in [9.17, 15) is 18.8 Å². The Morgan fingerprint density at radius 1 is 0.933 bits per heavy atom. The van der Waals surface area contributed by atoms with Crippen LogP contribution in [0.3, 0.4) is 0 Å². The number of carbonyl (C=O) groups excluding carboxylic acids is 3. The van der Waals surface area contributed by atoms with E-state index in [0.29, 0.717) is 6.54 Å². The predicted molar refractivity (Wildman–Crippen MR) is 110 cm³/mol. The van der Waals surface area contributed by atoms with Crippen molar-refractivity contribution < 1.29 is 18.8 Å². The fraction of sp³-hybridized carbons (Fsp3) is 0.273. The summed E-state index contributed by atoms with van der Waals surface area (Å²) >= 11 is 0. The highest BCUT2D eigenvalue weighted by atomic mass is 19.1. The minimum atomic E-state index is -0.371. The van der Waals surface area contributed by atoms with Gasteiger partial charge in [-0.15, -0.1) is 0 Å². The first-order valence-corrected chi connectivity index (χ1v) is 9.72. The van der Waals surface area contributed by atoms with Gasteiger partial charge in [-0.25, -0.2) is 9.40 Å². The maximum atomic E-state index is 13.0. The first-order chi connectivity index (χ1) is 14.5. The number of hydrogen-bond acceptors (Lipinski definition) is 4. The van der Waals surface area contributed by atoms with Crippen LogP contribution in [-0.2, 0) is 27.3 Å². The van der Waals surface area contributed by atoms with Crippen LogP contribution in [0.1, 0.15) is 24.0 Å². The molecule has 7 nitrogen and oxygen atoms in total. The summed E-state index contributed by atoms with van der Waals surface area (Å²) in [4.78, 5) is 36.3. The highest BCUT2D eigenvalue weighted by Gasteiger charge is 2.24. The number of hydrazone groups is 1. The van der Waals surface area contributed by atoms with Crippen molar-refractivity contribution in [2.75, 3.05) is 13.1 Å². The van der Waals surface area contributed by atoms with Crippen LogP contribution >= 0.6 is 0 Å². The van der Waals surface area contributed by atoms with Crippen molar-refractivity contribution in [2.45, 2.75) is 25.8 Å². The second-order valence-corrected chi connectivity index (χ2v) is 6.89. The molecule has 0 radical (unpaired) electrons. The van der Waals surface area contributed by atoms with Crippen molar-refractivity contribution in [1.29, 1.82) is 0 Å². The monoisotopic (exact) mass is 410 g/mol. The van der Waals surface area contributed by atoms with Crippen LogP contribution in [0.4, 0.5) is 4.39 Å². The highest BCUT2D eigenvalue weighted by Crippen LogP contribution is 2.14. The Morgan fingerprint density at radius 2 is 1.63 bits per heavy atom. The van der Waals surface area contributed by atoms with Crippen molar-refractivity contribution >= 4 is 23.4 Å². The summed E-state index contributed by atoms with van der Waals surface area (Å²) in [6.45, 7) is 0.721. The molecular weight excluding hydrogens is 387 g/mol. The van der Waals surface area contributed by atoms with Crippen LogP contribution in [-0.4, -0.2) is 41.5 Å². The summed E-state index contributed by atoms with van der Waals surface area (Å²) in [6, 6.07) is 15.2. The van der Waals surface area contributed by atoms with Crippen molar-refractivity contribution in [1.82, 2.24) is 15.6 Å². The normalized spacial score (nSPS) is 13.6. The highest BCUT2D eigenvalue weighted by molar-refractivity contribution is 6.39. The fourth-order valence-corrected chi connectivity index (χ4v) is 2.97. The quantitative estimate of drug-likeness (QED) is 0.650.